The van der Waals surface area contributed by atoms with Crippen molar-refractivity contribution < 1.29 is 4.74 Å². The van der Waals surface area contributed by atoms with Crippen molar-refractivity contribution in [2.45, 2.75) is 20.8 Å². The van der Waals surface area contributed by atoms with Crippen molar-refractivity contribution in [3.05, 3.63) is 52.5 Å². The van der Waals surface area contributed by atoms with E-state index in [2.05, 4.69) is 23.7 Å². The fourth-order valence-electron chi connectivity index (χ4n) is 2.44. The molecule has 0 aliphatic carbocycles. The van der Waals surface area contributed by atoms with Crippen LogP contribution in [0.3, 0.4) is 0 Å². The molecule has 0 fully saturated rings. The highest BCUT2D eigenvalue weighted by molar-refractivity contribution is 6.35. The van der Waals surface area contributed by atoms with Crippen molar-refractivity contribution in [2.75, 3.05) is 26.2 Å². The highest BCUT2D eigenvalue weighted by Crippen LogP contribution is 2.31. The van der Waals surface area contributed by atoms with Gasteiger partial charge in [-0.3, -0.25) is 0 Å². The average Bonchev–Trinajstić information content (AvgIpc) is 3.10. The number of hydrogen-bond acceptors (Lipinski definition) is 3. The van der Waals surface area contributed by atoms with Crippen molar-refractivity contribution >= 4 is 34.7 Å². The van der Waals surface area contributed by atoms with E-state index in [9.17, 15) is 0 Å². The number of ether oxygens (including phenoxy) is 1. The number of benzene rings is 1. The molecule has 0 spiro atoms. The van der Waals surface area contributed by atoms with E-state index in [0.717, 1.165) is 36.7 Å². The zero-order valence-corrected chi connectivity index (χ0v) is 15.8. The van der Waals surface area contributed by atoms with Crippen LogP contribution in [0, 0.1) is 0 Å². The lowest BCUT2D eigenvalue weighted by atomic mass is 10.1. The third-order valence-corrected chi connectivity index (χ3v) is 4.49. The molecule has 24 heavy (non-hydrogen) atoms. The van der Waals surface area contributed by atoms with Gasteiger partial charge in [-0.25, -0.2) is 4.98 Å². The van der Waals surface area contributed by atoms with Gasteiger partial charge >= 0.3 is 0 Å². The largest absolute Gasteiger partial charge is 0.490 e. The molecule has 0 atom stereocenters. The van der Waals surface area contributed by atoms with Crippen molar-refractivity contribution in [1.82, 2.24) is 14.5 Å². The second kappa shape index (κ2) is 9.11. The van der Waals surface area contributed by atoms with E-state index in [0.29, 0.717) is 16.7 Å². The molecular weight excluding hydrogens is 345 g/mol. The van der Waals surface area contributed by atoms with Gasteiger partial charge in [-0.05, 0) is 38.2 Å². The summed E-state index contributed by atoms with van der Waals surface area (Å²) in [7, 11) is 0. The van der Waals surface area contributed by atoms with Gasteiger partial charge in [-0.15, -0.1) is 0 Å². The summed E-state index contributed by atoms with van der Waals surface area (Å²) >= 11 is 12.4. The third-order valence-electron chi connectivity index (χ3n) is 3.94. The smallest absolute Gasteiger partial charge is 0.147 e. The first-order valence-corrected chi connectivity index (χ1v) is 8.82. The van der Waals surface area contributed by atoms with Crippen LogP contribution in [0.5, 0.6) is 0 Å². The van der Waals surface area contributed by atoms with Crippen molar-refractivity contribution in [3.63, 3.8) is 0 Å². The maximum Gasteiger partial charge on any atom is 0.147 e. The first kappa shape index (κ1) is 18.8. The Bertz CT molecular complexity index is 680. The molecule has 0 radical (unpaired) electrons. The summed E-state index contributed by atoms with van der Waals surface area (Å²) in [5.41, 5.74) is 1.75. The van der Waals surface area contributed by atoms with Crippen LogP contribution in [-0.4, -0.2) is 40.7 Å². The van der Waals surface area contributed by atoms with Crippen LogP contribution in [0.2, 0.25) is 10.0 Å². The molecule has 4 nitrogen and oxygen atoms in total. The van der Waals surface area contributed by atoms with E-state index >= 15 is 0 Å². The van der Waals surface area contributed by atoms with Crippen LogP contribution in [0.1, 0.15) is 26.3 Å². The summed E-state index contributed by atoms with van der Waals surface area (Å²) in [5.74, 6) is 0.738. The maximum atomic E-state index is 6.39. The van der Waals surface area contributed by atoms with Gasteiger partial charge < -0.3 is 14.2 Å². The number of aromatic nitrogens is 2. The number of rotatable bonds is 8. The minimum absolute atomic E-state index is 0.569. The summed E-state index contributed by atoms with van der Waals surface area (Å²) in [5, 5.41) is 1.17. The van der Waals surface area contributed by atoms with Gasteiger partial charge in [-0.1, -0.05) is 37.0 Å². The molecule has 0 aliphatic heterocycles. The summed E-state index contributed by atoms with van der Waals surface area (Å²) in [6.45, 7) is 9.72. The lowest BCUT2D eigenvalue weighted by molar-refractivity contribution is 0.202. The highest BCUT2D eigenvalue weighted by atomic mass is 35.5. The zero-order chi connectivity index (χ0) is 17.5. The van der Waals surface area contributed by atoms with E-state index < -0.39 is 0 Å². The van der Waals surface area contributed by atoms with E-state index in [-0.39, 0.29) is 0 Å². The molecule has 0 saturated heterocycles. The Kier molecular flexibility index (Phi) is 7.16. The first-order chi connectivity index (χ1) is 11.6. The Morgan fingerprint density at radius 3 is 2.58 bits per heavy atom. The monoisotopic (exact) mass is 367 g/mol. The molecule has 130 valence electrons. The topological polar surface area (TPSA) is 30.3 Å². The number of imidazole rings is 1. The molecule has 0 saturated carbocycles. The van der Waals surface area contributed by atoms with Crippen molar-refractivity contribution in [3.8, 4) is 0 Å². The van der Waals surface area contributed by atoms with Crippen LogP contribution < -0.4 is 0 Å². The first-order valence-electron chi connectivity index (χ1n) is 8.06. The van der Waals surface area contributed by atoms with Crippen LogP contribution in [0.15, 0.2) is 36.9 Å². The molecule has 2 aromatic rings. The van der Waals surface area contributed by atoms with Crippen LogP contribution in [0.25, 0.3) is 11.5 Å². The lowest BCUT2D eigenvalue weighted by Crippen LogP contribution is -2.27. The van der Waals surface area contributed by atoms with Gasteiger partial charge in [0.05, 0.1) is 17.0 Å². The number of allylic oxidation sites excluding steroid dienone is 1. The molecule has 1 heterocycles. The second-order valence-corrected chi connectivity index (χ2v) is 6.23. The van der Waals surface area contributed by atoms with E-state index in [1.54, 1.807) is 18.6 Å². The standard InChI is InChI=1S/C18H23Cl2N3O/c1-4-22(5-2)10-11-24-18(14(3)23-9-8-21-13-23)16-7-6-15(19)12-17(16)20/h6-9,12-13H,4-5,10-11H2,1-3H3. The Morgan fingerprint density at radius 1 is 1.25 bits per heavy atom. The van der Waals surface area contributed by atoms with Crippen LogP contribution in [0.4, 0.5) is 0 Å². The maximum absolute atomic E-state index is 6.39. The molecule has 2 rings (SSSR count). The van der Waals surface area contributed by atoms with Crippen molar-refractivity contribution in [2.24, 2.45) is 0 Å². The quantitative estimate of drug-likeness (QED) is 0.621. The second-order valence-electron chi connectivity index (χ2n) is 5.38. The lowest BCUT2D eigenvalue weighted by Gasteiger charge is -2.21. The van der Waals surface area contributed by atoms with Crippen LogP contribution >= 0.6 is 23.2 Å². The van der Waals surface area contributed by atoms with Gasteiger partial charge in [-0.2, -0.15) is 0 Å². The predicted octanol–water partition coefficient (Wildman–Crippen LogP) is 4.89. The van der Waals surface area contributed by atoms with Crippen molar-refractivity contribution in [1.29, 1.82) is 0 Å². The Hall–Kier alpha value is -1.49. The average molecular weight is 368 g/mol. The fourth-order valence-corrected chi connectivity index (χ4v) is 2.94. The Morgan fingerprint density at radius 2 is 2.00 bits per heavy atom. The molecule has 0 bridgehead atoms. The highest BCUT2D eigenvalue weighted by Gasteiger charge is 2.14. The minimum Gasteiger partial charge on any atom is -0.490 e. The Balaban J connectivity index is 2.30. The summed E-state index contributed by atoms with van der Waals surface area (Å²) in [6.07, 6.45) is 5.36. The summed E-state index contributed by atoms with van der Waals surface area (Å²) in [6, 6.07) is 5.43. The van der Waals surface area contributed by atoms with Gasteiger partial charge in [0.2, 0.25) is 0 Å². The molecule has 0 amide bonds. The molecule has 1 aromatic carbocycles. The molecule has 0 unspecified atom stereocenters. The normalized spacial score (nSPS) is 12.4. The van der Waals surface area contributed by atoms with Gasteiger partial charge in [0.25, 0.3) is 0 Å². The minimum atomic E-state index is 0.569. The summed E-state index contributed by atoms with van der Waals surface area (Å²) in [4.78, 5) is 6.41. The van der Waals surface area contributed by atoms with E-state index in [1.807, 2.05) is 29.8 Å². The van der Waals surface area contributed by atoms with E-state index in [4.69, 9.17) is 27.9 Å². The molecule has 1 aromatic heterocycles. The van der Waals surface area contributed by atoms with E-state index in [1.165, 1.54) is 0 Å². The fraction of sp³-hybridized carbons (Fsp3) is 0.389. The number of nitrogens with zero attached hydrogens (tertiary/aromatic N) is 3. The molecular formula is C18H23Cl2N3O. The molecule has 6 heteroatoms. The van der Waals surface area contributed by atoms with Crippen LogP contribution in [-0.2, 0) is 4.74 Å². The van der Waals surface area contributed by atoms with Gasteiger partial charge in [0.1, 0.15) is 12.4 Å². The number of halogens is 2. The SMILES string of the molecule is CCN(CC)CCOC(=C(C)n1ccnc1)c1ccc(Cl)cc1Cl. The third kappa shape index (κ3) is 4.76. The molecule has 0 N–H and O–H groups in total. The zero-order valence-electron chi connectivity index (χ0n) is 14.3. The Labute approximate surface area is 153 Å². The molecule has 0 aliphatic rings. The predicted molar refractivity (Wildman–Crippen MR) is 101 cm³/mol. The number of likely N-dealkylation sites (N-methyl/N-ethyl adjacent to an activating group) is 1. The van der Waals surface area contributed by atoms with Gasteiger partial charge in [0.15, 0.2) is 0 Å². The number of hydrogen-bond donors (Lipinski definition) is 0. The summed E-state index contributed by atoms with van der Waals surface area (Å²) < 4.78 is 8.04. The van der Waals surface area contributed by atoms with Gasteiger partial charge in [0, 0.05) is 29.5 Å².